The maximum absolute atomic E-state index is 11.3. The zero-order chi connectivity index (χ0) is 12.0. The number of methoxy groups -OCH3 is 1. The minimum absolute atomic E-state index is 0.0906. The molecule has 0 N–H and O–H groups in total. The number of hydrogen-bond donors (Lipinski definition) is 0. The van der Waals surface area contributed by atoms with Gasteiger partial charge in [-0.3, -0.25) is 4.79 Å². The average Bonchev–Trinajstić information content (AvgIpc) is 2.29. The lowest BCUT2D eigenvalue weighted by Crippen LogP contribution is -2.19. The first kappa shape index (κ1) is 13.0. The van der Waals surface area contributed by atoms with E-state index in [-0.39, 0.29) is 5.97 Å². The number of carbonyl (C=O) groups is 1. The van der Waals surface area contributed by atoms with Gasteiger partial charge in [0.05, 0.1) is 7.11 Å². The first-order chi connectivity index (χ1) is 7.63. The smallest absolute Gasteiger partial charge is 0.305 e. The number of carbonyl (C=O) groups excluding carboxylic acids is 1. The van der Waals surface area contributed by atoms with Gasteiger partial charge in [-0.1, -0.05) is 43.4 Å². The van der Waals surface area contributed by atoms with Crippen molar-refractivity contribution in [1.29, 1.82) is 0 Å². The average molecular weight is 235 g/mol. The van der Waals surface area contributed by atoms with E-state index in [0.717, 1.165) is 6.42 Å². The standard InChI is InChI=1S/C13H19O2Si/c1-15-13(14)10-12(16(2)3)9-11-7-5-4-6-8-11/h4-8,12H,9-10H2,1-3H3. The molecule has 0 fully saturated rings. The lowest BCUT2D eigenvalue weighted by atomic mass is 10.1. The fourth-order valence-electron chi connectivity index (χ4n) is 1.66. The van der Waals surface area contributed by atoms with Crippen LogP contribution in [0.15, 0.2) is 30.3 Å². The molecule has 0 bridgehead atoms. The van der Waals surface area contributed by atoms with Crippen molar-refractivity contribution in [2.24, 2.45) is 0 Å². The first-order valence-corrected chi connectivity index (χ1v) is 8.12. The zero-order valence-electron chi connectivity index (χ0n) is 10.2. The predicted octanol–water partition coefficient (Wildman–Crippen LogP) is 2.92. The van der Waals surface area contributed by atoms with E-state index in [1.165, 1.54) is 12.7 Å². The normalized spacial score (nSPS) is 12.5. The molecule has 0 aliphatic rings. The van der Waals surface area contributed by atoms with E-state index in [9.17, 15) is 4.79 Å². The van der Waals surface area contributed by atoms with Gasteiger partial charge in [0.25, 0.3) is 0 Å². The SMILES string of the molecule is COC(=O)CC(Cc1ccccc1)[Si](C)C. The van der Waals surface area contributed by atoms with E-state index in [1.54, 1.807) is 0 Å². The Balaban J connectivity index is 2.62. The minimum atomic E-state index is -0.476. The molecule has 0 aliphatic heterocycles. The van der Waals surface area contributed by atoms with E-state index in [0.29, 0.717) is 12.0 Å². The number of hydrogen-bond acceptors (Lipinski definition) is 2. The molecule has 0 aromatic heterocycles. The molecule has 1 aromatic rings. The van der Waals surface area contributed by atoms with Crippen LogP contribution in [0, 0.1) is 0 Å². The quantitative estimate of drug-likeness (QED) is 0.579. The Kier molecular flexibility index (Phi) is 5.26. The van der Waals surface area contributed by atoms with E-state index >= 15 is 0 Å². The van der Waals surface area contributed by atoms with Crippen LogP contribution in [0.4, 0.5) is 0 Å². The number of rotatable bonds is 5. The fourth-order valence-corrected chi connectivity index (χ4v) is 2.88. The van der Waals surface area contributed by atoms with Crippen molar-refractivity contribution >= 4 is 14.8 Å². The highest BCUT2D eigenvalue weighted by atomic mass is 28.3. The van der Waals surface area contributed by atoms with Gasteiger partial charge in [0.15, 0.2) is 0 Å². The van der Waals surface area contributed by atoms with Gasteiger partial charge in [-0.2, -0.15) is 0 Å². The summed E-state index contributed by atoms with van der Waals surface area (Å²) >= 11 is 0. The molecule has 16 heavy (non-hydrogen) atoms. The molecule has 0 saturated carbocycles. The fraction of sp³-hybridized carbons (Fsp3) is 0.462. The minimum Gasteiger partial charge on any atom is -0.469 e. The van der Waals surface area contributed by atoms with Crippen LogP contribution in [-0.4, -0.2) is 21.9 Å². The number of esters is 1. The summed E-state index contributed by atoms with van der Waals surface area (Å²) in [6.07, 6.45) is 1.53. The zero-order valence-corrected chi connectivity index (χ0v) is 11.2. The molecule has 0 amide bonds. The highest BCUT2D eigenvalue weighted by Crippen LogP contribution is 2.22. The number of ether oxygens (including phenoxy) is 1. The highest BCUT2D eigenvalue weighted by molar-refractivity contribution is 6.57. The molecule has 2 nitrogen and oxygen atoms in total. The Morgan fingerprint density at radius 3 is 2.44 bits per heavy atom. The summed E-state index contributed by atoms with van der Waals surface area (Å²) in [5.41, 5.74) is 1.77. The van der Waals surface area contributed by atoms with Crippen LogP contribution < -0.4 is 0 Å². The molecule has 0 spiro atoms. The van der Waals surface area contributed by atoms with Crippen LogP contribution in [0.25, 0.3) is 0 Å². The summed E-state index contributed by atoms with van der Waals surface area (Å²) in [4.78, 5) is 11.3. The van der Waals surface area contributed by atoms with Crippen molar-refractivity contribution in [1.82, 2.24) is 0 Å². The van der Waals surface area contributed by atoms with Crippen LogP contribution in [0.3, 0.4) is 0 Å². The Bertz CT molecular complexity index is 322. The second kappa shape index (κ2) is 6.48. The maximum atomic E-state index is 11.3. The largest absolute Gasteiger partial charge is 0.469 e. The van der Waals surface area contributed by atoms with Gasteiger partial charge in [0, 0.05) is 15.2 Å². The van der Waals surface area contributed by atoms with Gasteiger partial charge in [-0.05, 0) is 17.5 Å². The van der Waals surface area contributed by atoms with Crippen LogP contribution in [0.5, 0.6) is 0 Å². The lowest BCUT2D eigenvalue weighted by Gasteiger charge is -2.18. The summed E-state index contributed by atoms with van der Waals surface area (Å²) in [5.74, 6) is -0.0906. The van der Waals surface area contributed by atoms with Crippen LogP contribution in [-0.2, 0) is 16.0 Å². The van der Waals surface area contributed by atoms with Crippen molar-refractivity contribution in [2.45, 2.75) is 31.5 Å². The molecule has 1 atom stereocenters. The molecule has 3 heteroatoms. The molecule has 1 rings (SSSR count). The molecule has 1 unspecified atom stereocenters. The summed E-state index contributed by atoms with van der Waals surface area (Å²) in [5, 5.41) is 0. The van der Waals surface area contributed by atoms with Gasteiger partial charge in [-0.15, -0.1) is 0 Å². The number of benzene rings is 1. The topological polar surface area (TPSA) is 26.3 Å². The van der Waals surface area contributed by atoms with E-state index in [2.05, 4.69) is 25.2 Å². The Morgan fingerprint density at radius 1 is 1.31 bits per heavy atom. The second-order valence-electron chi connectivity index (χ2n) is 4.24. The first-order valence-electron chi connectivity index (χ1n) is 5.54. The third-order valence-corrected chi connectivity index (χ3v) is 4.82. The lowest BCUT2D eigenvalue weighted by molar-refractivity contribution is -0.140. The van der Waals surface area contributed by atoms with Crippen molar-refractivity contribution in [3.05, 3.63) is 35.9 Å². The molecule has 0 heterocycles. The molecule has 0 saturated heterocycles. The molecule has 0 aliphatic carbocycles. The Morgan fingerprint density at radius 2 is 1.94 bits per heavy atom. The highest BCUT2D eigenvalue weighted by Gasteiger charge is 2.19. The third-order valence-electron chi connectivity index (χ3n) is 2.78. The van der Waals surface area contributed by atoms with Gasteiger partial charge in [0.2, 0.25) is 0 Å². The van der Waals surface area contributed by atoms with E-state index in [1.807, 2.05) is 18.2 Å². The Hall–Kier alpha value is -1.09. The summed E-state index contributed by atoms with van der Waals surface area (Å²) in [7, 11) is 0.982. The monoisotopic (exact) mass is 235 g/mol. The molecule has 1 radical (unpaired) electrons. The summed E-state index contributed by atoms with van der Waals surface area (Å²) < 4.78 is 4.75. The molecular weight excluding hydrogens is 216 g/mol. The van der Waals surface area contributed by atoms with E-state index < -0.39 is 8.80 Å². The van der Waals surface area contributed by atoms with Gasteiger partial charge < -0.3 is 4.74 Å². The van der Waals surface area contributed by atoms with Crippen molar-refractivity contribution in [3.8, 4) is 0 Å². The molecule has 1 aromatic carbocycles. The molecule has 87 valence electrons. The maximum Gasteiger partial charge on any atom is 0.305 e. The summed E-state index contributed by atoms with van der Waals surface area (Å²) in [6.45, 7) is 4.50. The molecular formula is C13H19O2Si. The van der Waals surface area contributed by atoms with Gasteiger partial charge in [-0.25, -0.2) is 0 Å². The van der Waals surface area contributed by atoms with Crippen molar-refractivity contribution < 1.29 is 9.53 Å². The van der Waals surface area contributed by atoms with Crippen LogP contribution in [0.2, 0.25) is 18.6 Å². The second-order valence-corrected chi connectivity index (χ2v) is 7.22. The van der Waals surface area contributed by atoms with Crippen molar-refractivity contribution in [3.63, 3.8) is 0 Å². The van der Waals surface area contributed by atoms with Crippen molar-refractivity contribution in [2.75, 3.05) is 7.11 Å². The third kappa shape index (κ3) is 4.19. The Labute approximate surface area is 99.2 Å². The van der Waals surface area contributed by atoms with Crippen LogP contribution in [0.1, 0.15) is 12.0 Å². The van der Waals surface area contributed by atoms with E-state index in [4.69, 9.17) is 4.74 Å². The predicted molar refractivity (Wildman–Crippen MR) is 68.0 cm³/mol. The van der Waals surface area contributed by atoms with Crippen LogP contribution >= 0.6 is 0 Å². The summed E-state index contributed by atoms with van der Waals surface area (Å²) in [6, 6.07) is 10.3. The van der Waals surface area contributed by atoms with Gasteiger partial charge in [0.1, 0.15) is 0 Å². The van der Waals surface area contributed by atoms with Gasteiger partial charge >= 0.3 is 5.97 Å².